The van der Waals surface area contributed by atoms with E-state index in [1.54, 1.807) is 12.1 Å². The molecule has 0 unspecified atom stereocenters. The Morgan fingerprint density at radius 1 is 0.816 bits per heavy atom. The number of anilines is 1. The molecule has 0 aliphatic rings. The fourth-order valence-electron chi connectivity index (χ4n) is 3.35. The van der Waals surface area contributed by atoms with E-state index in [0.29, 0.717) is 15.6 Å². The van der Waals surface area contributed by atoms with Gasteiger partial charge >= 0.3 is 11.9 Å². The van der Waals surface area contributed by atoms with Crippen LogP contribution < -0.4 is 5.32 Å². The van der Waals surface area contributed by atoms with E-state index in [1.807, 2.05) is 0 Å². The van der Waals surface area contributed by atoms with Gasteiger partial charge in [0.15, 0.2) is 0 Å². The summed E-state index contributed by atoms with van der Waals surface area (Å²) < 4.78 is 37.3. The number of methoxy groups -OCH3 is 2. The summed E-state index contributed by atoms with van der Waals surface area (Å²) in [5, 5.41) is 3.42. The van der Waals surface area contributed by atoms with Gasteiger partial charge < -0.3 is 14.8 Å². The Balaban J connectivity index is 1.95. The lowest BCUT2D eigenvalue weighted by molar-refractivity contribution is -0.116. The topological polar surface area (TPSA) is 119 Å². The molecular weight excluding hydrogens is 579 g/mol. The van der Waals surface area contributed by atoms with Gasteiger partial charge in [0.25, 0.3) is 0 Å². The Bertz CT molecular complexity index is 1440. The van der Waals surface area contributed by atoms with E-state index >= 15 is 0 Å². The fraction of sp³-hybridized carbons (Fsp3) is 0.160. The van der Waals surface area contributed by atoms with Crippen molar-refractivity contribution >= 4 is 68.4 Å². The van der Waals surface area contributed by atoms with E-state index in [1.165, 1.54) is 48.5 Å². The Labute approximate surface area is 234 Å². The monoisotopic (exact) mass is 598 g/mol. The van der Waals surface area contributed by atoms with Gasteiger partial charge in [0.1, 0.15) is 0 Å². The largest absolute Gasteiger partial charge is 0.465 e. The lowest BCUT2D eigenvalue weighted by atomic mass is 10.1. The second-order valence-corrected chi connectivity index (χ2v) is 11.0. The van der Waals surface area contributed by atoms with Crippen LogP contribution in [0, 0.1) is 0 Å². The molecule has 0 aliphatic carbocycles. The predicted octanol–water partition coefficient (Wildman–Crippen LogP) is 5.05. The summed E-state index contributed by atoms with van der Waals surface area (Å²) in [5.41, 5.74) is 0.405. The van der Waals surface area contributed by atoms with E-state index in [9.17, 15) is 22.8 Å². The molecule has 0 aromatic heterocycles. The number of carbonyl (C=O) groups excluding carboxylic acids is 3. The Morgan fingerprint density at radius 2 is 1.37 bits per heavy atom. The third-order valence-electron chi connectivity index (χ3n) is 5.19. The van der Waals surface area contributed by atoms with Crippen LogP contribution in [0.25, 0.3) is 0 Å². The van der Waals surface area contributed by atoms with Gasteiger partial charge in [-0.1, -0.05) is 40.9 Å². The zero-order valence-electron chi connectivity index (χ0n) is 20.0. The van der Waals surface area contributed by atoms with Crippen molar-refractivity contribution in [2.24, 2.45) is 0 Å². The molecule has 0 atom stereocenters. The number of sulfonamides is 1. The molecule has 9 nitrogen and oxygen atoms in total. The molecule has 1 amide bonds. The lowest BCUT2D eigenvalue weighted by Crippen LogP contribution is -2.37. The van der Waals surface area contributed by atoms with Gasteiger partial charge in [0, 0.05) is 27.3 Å². The van der Waals surface area contributed by atoms with Crippen LogP contribution in [0.1, 0.15) is 26.3 Å². The highest BCUT2D eigenvalue weighted by Gasteiger charge is 2.28. The second-order valence-electron chi connectivity index (χ2n) is 7.79. The Morgan fingerprint density at radius 3 is 1.89 bits per heavy atom. The van der Waals surface area contributed by atoms with Gasteiger partial charge in [-0.2, -0.15) is 4.31 Å². The molecule has 13 heteroatoms. The molecule has 38 heavy (non-hydrogen) atoms. The molecule has 3 aromatic rings. The van der Waals surface area contributed by atoms with Crippen LogP contribution in [0.2, 0.25) is 15.1 Å². The number of hydrogen-bond donors (Lipinski definition) is 1. The molecule has 0 saturated heterocycles. The van der Waals surface area contributed by atoms with Gasteiger partial charge in [0.05, 0.1) is 36.8 Å². The smallest absolute Gasteiger partial charge is 0.337 e. The molecule has 1 N–H and O–H groups in total. The first-order valence-electron chi connectivity index (χ1n) is 10.8. The highest BCUT2D eigenvalue weighted by atomic mass is 35.5. The van der Waals surface area contributed by atoms with Crippen molar-refractivity contribution in [1.29, 1.82) is 0 Å². The van der Waals surface area contributed by atoms with E-state index in [-0.39, 0.29) is 33.3 Å². The number of amides is 1. The van der Waals surface area contributed by atoms with Crippen LogP contribution in [-0.2, 0) is 30.8 Å². The van der Waals surface area contributed by atoms with Crippen molar-refractivity contribution in [3.05, 3.63) is 92.4 Å². The highest BCUT2D eigenvalue weighted by Crippen LogP contribution is 2.26. The van der Waals surface area contributed by atoms with Crippen LogP contribution in [-0.4, -0.2) is 51.3 Å². The van der Waals surface area contributed by atoms with E-state index in [0.717, 1.165) is 18.5 Å². The van der Waals surface area contributed by atoms with Crippen molar-refractivity contribution in [3.8, 4) is 0 Å². The zero-order chi connectivity index (χ0) is 28.0. The molecule has 3 rings (SSSR count). The maximum absolute atomic E-state index is 13.5. The number of rotatable bonds is 9. The third kappa shape index (κ3) is 7.24. The minimum atomic E-state index is -4.21. The minimum absolute atomic E-state index is 0.0238. The average molecular weight is 600 g/mol. The molecular formula is C25H21Cl3N2O7S. The predicted molar refractivity (Wildman–Crippen MR) is 143 cm³/mol. The fourth-order valence-corrected chi connectivity index (χ4v) is 5.32. The molecule has 0 radical (unpaired) electrons. The summed E-state index contributed by atoms with van der Waals surface area (Å²) in [6.07, 6.45) is 0. The number of hydrogen-bond acceptors (Lipinski definition) is 7. The number of ether oxygens (including phenoxy) is 2. The van der Waals surface area contributed by atoms with Crippen molar-refractivity contribution in [3.63, 3.8) is 0 Å². The van der Waals surface area contributed by atoms with Crippen molar-refractivity contribution < 1.29 is 32.3 Å². The quantitative estimate of drug-likeness (QED) is 0.342. The lowest BCUT2D eigenvalue weighted by Gasteiger charge is -2.23. The standard InChI is InChI=1S/C25H21Cl3N2O7S/c1-36-24(32)16-9-17(25(33)37-2)11-20(10-16)29-23(31)14-30(13-15-3-4-19(27)12-22(15)28)38(34,35)21-7-5-18(26)6-8-21/h3-12H,13-14H2,1-2H3,(H,29,31). The average Bonchev–Trinajstić information content (AvgIpc) is 2.88. The van der Waals surface area contributed by atoms with E-state index in [4.69, 9.17) is 44.3 Å². The van der Waals surface area contributed by atoms with Crippen molar-refractivity contribution in [1.82, 2.24) is 4.31 Å². The summed E-state index contributed by atoms with van der Waals surface area (Å²) in [4.78, 5) is 37.1. The molecule has 0 spiro atoms. The van der Waals surface area contributed by atoms with Crippen LogP contribution in [0.3, 0.4) is 0 Å². The summed E-state index contributed by atoms with van der Waals surface area (Å²) in [7, 11) is -1.89. The number of esters is 2. The number of carbonyl (C=O) groups is 3. The molecule has 0 saturated carbocycles. The van der Waals surface area contributed by atoms with Gasteiger partial charge in [-0.05, 0) is 60.2 Å². The van der Waals surface area contributed by atoms with Gasteiger partial charge in [0.2, 0.25) is 15.9 Å². The number of benzene rings is 3. The maximum atomic E-state index is 13.5. The third-order valence-corrected chi connectivity index (χ3v) is 7.84. The van der Waals surface area contributed by atoms with Gasteiger partial charge in [-0.3, -0.25) is 4.79 Å². The number of nitrogens with zero attached hydrogens (tertiary/aromatic N) is 1. The first kappa shape index (κ1) is 29.4. The van der Waals surface area contributed by atoms with E-state index < -0.39 is 34.4 Å². The zero-order valence-corrected chi connectivity index (χ0v) is 23.1. The summed E-state index contributed by atoms with van der Waals surface area (Å²) in [6.45, 7) is -0.899. The van der Waals surface area contributed by atoms with Crippen molar-refractivity contribution in [2.45, 2.75) is 11.4 Å². The minimum Gasteiger partial charge on any atom is -0.465 e. The Kier molecular flexibility index (Phi) is 9.75. The molecule has 0 fully saturated rings. The highest BCUT2D eigenvalue weighted by molar-refractivity contribution is 7.89. The summed E-state index contributed by atoms with van der Waals surface area (Å²) in [5.74, 6) is -2.27. The summed E-state index contributed by atoms with van der Waals surface area (Å²) in [6, 6.07) is 13.8. The van der Waals surface area contributed by atoms with Gasteiger partial charge in [-0.15, -0.1) is 0 Å². The number of nitrogens with one attached hydrogen (secondary N) is 1. The molecule has 3 aromatic carbocycles. The SMILES string of the molecule is COC(=O)c1cc(NC(=O)CN(Cc2ccc(Cl)cc2Cl)S(=O)(=O)c2ccc(Cl)cc2)cc(C(=O)OC)c1. The Hall–Kier alpha value is -3.15. The van der Waals surface area contributed by atoms with Crippen LogP contribution in [0.5, 0.6) is 0 Å². The summed E-state index contributed by atoms with van der Waals surface area (Å²) >= 11 is 18.1. The molecule has 200 valence electrons. The first-order valence-corrected chi connectivity index (χ1v) is 13.3. The van der Waals surface area contributed by atoms with E-state index in [2.05, 4.69) is 5.32 Å². The van der Waals surface area contributed by atoms with Gasteiger partial charge in [-0.25, -0.2) is 18.0 Å². The second kappa shape index (κ2) is 12.6. The first-order chi connectivity index (χ1) is 17.9. The number of halogens is 3. The maximum Gasteiger partial charge on any atom is 0.337 e. The van der Waals surface area contributed by atoms with Crippen LogP contribution in [0.15, 0.2) is 65.6 Å². The molecule has 0 heterocycles. The normalized spacial score (nSPS) is 11.2. The molecule has 0 aliphatic heterocycles. The van der Waals surface area contributed by atoms with Crippen molar-refractivity contribution in [2.75, 3.05) is 26.1 Å². The molecule has 0 bridgehead atoms. The van der Waals surface area contributed by atoms with Crippen LogP contribution >= 0.6 is 34.8 Å². The van der Waals surface area contributed by atoms with Crippen LogP contribution in [0.4, 0.5) is 5.69 Å².